The fourth-order valence-corrected chi connectivity index (χ4v) is 2.29. The van der Waals surface area contributed by atoms with E-state index in [1.165, 1.54) is 23.1 Å². The first kappa shape index (κ1) is 15.2. The van der Waals surface area contributed by atoms with Crippen LogP contribution in [0.1, 0.15) is 28.9 Å². The van der Waals surface area contributed by atoms with Gasteiger partial charge in [-0.25, -0.2) is 0 Å². The lowest BCUT2D eigenvalue weighted by molar-refractivity contribution is 0.0736. The Balaban J connectivity index is 2.31. The molecule has 1 amide bonds. The molecule has 2 aromatic carbocycles. The number of aromatic hydroxyl groups is 2. The van der Waals surface area contributed by atoms with Crippen molar-refractivity contribution in [3.8, 4) is 11.5 Å². The van der Waals surface area contributed by atoms with E-state index >= 15 is 0 Å². The second kappa shape index (κ2) is 6.06. The van der Waals surface area contributed by atoms with Gasteiger partial charge in [-0.2, -0.15) is 0 Å². The molecule has 0 bridgehead atoms. The van der Waals surface area contributed by atoms with Crippen LogP contribution in [-0.4, -0.2) is 28.1 Å². The normalized spacial score (nSPS) is 12.0. The molecule has 2 rings (SSSR count). The number of carbonyl (C=O) groups is 1. The van der Waals surface area contributed by atoms with Crippen molar-refractivity contribution in [2.75, 3.05) is 7.05 Å². The molecule has 0 fully saturated rings. The minimum absolute atomic E-state index is 0.103. The Morgan fingerprint density at radius 3 is 2.29 bits per heavy atom. The van der Waals surface area contributed by atoms with Gasteiger partial charge in [0.1, 0.15) is 17.1 Å². The number of phenolic OH excluding ortho intramolecular Hbond substituents is 2. The summed E-state index contributed by atoms with van der Waals surface area (Å²) in [5.74, 6) is -0.951. The largest absolute Gasteiger partial charge is 0.507 e. The third-order valence-corrected chi connectivity index (χ3v) is 3.70. The summed E-state index contributed by atoms with van der Waals surface area (Å²) in [6, 6.07) is 11.2. The number of halogens is 1. The van der Waals surface area contributed by atoms with E-state index in [0.29, 0.717) is 5.02 Å². The quantitative estimate of drug-likeness (QED) is 0.911. The Kier molecular flexibility index (Phi) is 4.38. The van der Waals surface area contributed by atoms with Gasteiger partial charge in [0.05, 0.1) is 6.04 Å². The van der Waals surface area contributed by atoms with E-state index < -0.39 is 5.91 Å². The highest BCUT2D eigenvalue weighted by atomic mass is 35.5. The summed E-state index contributed by atoms with van der Waals surface area (Å²) in [4.78, 5) is 13.9. The maximum atomic E-state index is 12.5. The molecule has 21 heavy (non-hydrogen) atoms. The molecule has 0 saturated heterocycles. The highest BCUT2D eigenvalue weighted by Gasteiger charge is 2.24. The first-order chi connectivity index (χ1) is 9.91. The molecular weight excluding hydrogens is 290 g/mol. The number of benzene rings is 2. The minimum atomic E-state index is -0.460. The first-order valence-electron chi connectivity index (χ1n) is 6.45. The Hall–Kier alpha value is -2.20. The lowest BCUT2D eigenvalue weighted by atomic mass is 10.1. The molecule has 0 spiro atoms. The zero-order valence-corrected chi connectivity index (χ0v) is 12.5. The van der Waals surface area contributed by atoms with Crippen LogP contribution >= 0.6 is 11.6 Å². The summed E-state index contributed by atoms with van der Waals surface area (Å²) in [6.45, 7) is 1.85. The molecular formula is C16H16ClNO3. The summed E-state index contributed by atoms with van der Waals surface area (Å²) in [6.07, 6.45) is 0. The van der Waals surface area contributed by atoms with Gasteiger partial charge in [0.15, 0.2) is 0 Å². The minimum Gasteiger partial charge on any atom is -0.507 e. The molecule has 0 aromatic heterocycles. The average molecular weight is 306 g/mol. The van der Waals surface area contributed by atoms with Gasteiger partial charge < -0.3 is 15.1 Å². The molecule has 1 unspecified atom stereocenters. The number of hydrogen-bond donors (Lipinski definition) is 2. The van der Waals surface area contributed by atoms with Gasteiger partial charge in [0, 0.05) is 12.1 Å². The van der Waals surface area contributed by atoms with Gasteiger partial charge >= 0.3 is 0 Å². The van der Waals surface area contributed by atoms with Crippen LogP contribution < -0.4 is 0 Å². The highest BCUT2D eigenvalue weighted by molar-refractivity contribution is 6.30. The van der Waals surface area contributed by atoms with Crippen molar-refractivity contribution in [2.45, 2.75) is 13.0 Å². The fraction of sp³-hybridized carbons (Fsp3) is 0.188. The van der Waals surface area contributed by atoms with Crippen LogP contribution in [0.3, 0.4) is 0 Å². The maximum Gasteiger partial charge on any atom is 0.261 e. The number of nitrogens with zero attached hydrogens (tertiary/aromatic N) is 1. The summed E-state index contributed by atoms with van der Waals surface area (Å²) < 4.78 is 0. The number of hydrogen-bond acceptors (Lipinski definition) is 3. The molecule has 4 nitrogen and oxygen atoms in total. The molecule has 1 atom stereocenters. The predicted molar refractivity (Wildman–Crippen MR) is 81.7 cm³/mol. The lowest BCUT2D eigenvalue weighted by Gasteiger charge is -2.26. The molecule has 0 heterocycles. The van der Waals surface area contributed by atoms with Gasteiger partial charge in [-0.05, 0) is 36.8 Å². The Bertz CT molecular complexity index is 652. The lowest BCUT2D eigenvalue weighted by Crippen LogP contribution is -2.29. The van der Waals surface area contributed by atoms with Crippen LogP contribution in [0.4, 0.5) is 0 Å². The van der Waals surface area contributed by atoms with Crippen LogP contribution in [0.2, 0.25) is 5.02 Å². The molecule has 2 N–H and O–H groups in total. The summed E-state index contributed by atoms with van der Waals surface area (Å²) in [7, 11) is 1.61. The van der Waals surface area contributed by atoms with Crippen LogP contribution in [0.15, 0.2) is 42.5 Å². The van der Waals surface area contributed by atoms with E-state index in [-0.39, 0.29) is 23.1 Å². The number of phenols is 2. The number of carbonyl (C=O) groups excluding carboxylic acids is 1. The van der Waals surface area contributed by atoms with Gasteiger partial charge in [0.2, 0.25) is 0 Å². The highest BCUT2D eigenvalue weighted by Crippen LogP contribution is 2.30. The van der Waals surface area contributed by atoms with E-state index in [9.17, 15) is 15.0 Å². The van der Waals surface area contributed by atoms with Gasteiger partial charge in [0.25, 0.3) is 5.91 Å². The smallest absolute Gasteiger partial charge is 0.261 e. The van der Waals surface area contributed by atoms with Crippen molar-refractivity contribution in [1.29, 1.82) is 0 Å². The molecule has 0 aliphatic rings. The van der Waals surface area contributed by atoms with Crippen molar-refractivity contribution in [3.63, 3.8) is 0 Å². The molecule has 2 aromatic rings. The van der Waals surface area contributed by atoms with Crippen LogP contribution in [0.25, 0.3) is 0 Å². The van der Waals surface area contributed by atoms with Gasteiger partial charge in [-0.15, -0.1) is 0 Å². The second-order valence-electron chi connectivity index (χ2n) is 4.82. The Morgan fingerprint density at radius 2 is 1.71 bits per heavy atom. The topological polar surface area (TPSA) is 60.8 Å². The molecule has 0 aliphatic heterocycles. The monoisotopic (exact) mass is 305 g/mol. The van der Waals surface area contributed by atoms with E-state index in [2.05, 4.69) is 0 Å². The van der Waals surface area contributed by atoms with Crippen molar-refractivity contribution in [3.05, 3.63) is 58.6 Å². The van der Waals surface area contributed by atoms with E-state index in [4.69, 9.17) is 11.6 Å². The maximum absolute atomic E-state index is 12.5. The van der Waals surface area contributed by atoms with Crippen molar-refractivity contribution >= 4 is 17.5 Å². The van der Waals surface area contributed by atoms with Crippen molar-refractivity contribution < 1.29 is 15.0 Å². The van der Waals surface area contributed by atoms with Gasteiger partial charge in [-0.1, -0.05) is 29.8 Å². The van der Waals surface area contributed by atoms with Crippen LogP contribution in [0.5, 0.6) is 11.5 Å². The Labute approximate surface area is 128 Å². The second-order valence-corrected chi connectivity index (χ2v) is 5.25. The average Bonchev–Trinajstić information content (AvgIpc) is 2.45. The van der Waals surface area contributed by atoms with E-state index in [1.54, 1.807) is 19.2 Å². The number of rotatable bonds is 3. The van der Waals surface area contributed by atoms with Crippen LogP contribution in [0, 0.1) is 0 Å². The van der Waals surface area contributed by atoms with Crippen molar-refractivity contribution in [2.24, 2.45) is 0 Å². The number of amides is 1. The Morgan fingerprint density at radius 1 is 1.14 bits per heavy atom. The molecule has 0 aliphatic carbocycles. The first-order valence-corrected chi connectivity index (χ1v) is 6.83. The summed E-state index contributed by atoms with van der Waals surface area (Å²) >= 11 is 5.96. The van der Waals surface area contributed by atoms with E-state index in [1.807, 2.05) is 19.1 Å². The summed E-state index contributed by atoms with van der Waals surface area (Å²) in [5.41, 5.74) is 0.766. The predicted octanol–water partition coefficient (Wildman–Crippen LogP) is 3.58. The van der Waals surface area contributed by atoms with Crippen LogP contribution in [-0.2, 0) is 0 Å². The summed E-state index contributed by atoms with van der Waals surface area (Å²) in [5, 5.41) is 20.1. The molecule has 5 heteroatoms. The zero-order chi connectivity index (χ0) is 15.6. The standard InChI is InChI=1S/C16H16ClNO3/c1-10(11-5-3-6-12(17)9-11)18(2)16(21)15-13(19)7-4-8-14(15)20/h3-10,19-20H,1-2H3. The SMILES string of the molecule is CC(c1cccc(Cl)c1)N(C)C(=O)c1c(O)cccc1O. The third kappa shape index (κ3) is 3.11. The zero-order valence-electron chi connectivity index (χ0n) is 11.7. The molecule has 110 valence electrons. The third-order valence-electron chi connectivity index (χ3n) is 3.47. The van der Waals surface area contributed by atoms with Gasteiger partial charge in [-0.3, -0.25) is 4.79 Å². The van der Waals surface area contributed by atoms with E-state index in [0.717, 1.165) is 5.56 Å². The van der Waals surface area contributed by atoms with Crippen molar-refractivity contribution in [1.82, 2.24) is 4.90 Å². The molecule has 0 radical (unpaired) electrons. The fourth-order valence-electron chi connectivity index (χ4n) is 2.09. The molecule has 0 saturated carbocycles.